The monoisotopic (exact) mass is 381 g/mol. The fourth-order valence-corrected chi connectivity index (χ4v) is 4.28. The minimum absolute atomic E-state index is 0.0227. The van der Waals surface area contributed by atoms with Crippen molar-refractivity contribution in [1.29, 1.82) is 0 Å². The fraction of sp³-hybridized carbons (Fsp3) is 0.632. The number of nitrogens with two attached hydrogens (primary N) is 1. The Balaban J connectivity index is 1.93. The average Bonchev–Trinajstić information content (AvgIpc) is 2.65. The molecule has 7 heteroatoms. The molecule has 0 radical (unpaired) electrons. The maximum atomic E-state index is 12.6. The molecule has 0 aliphatic carbocycles. The van der Waals surface area contributed by atoms with Crippen molar-refractivity contribution in [3.8, 4) is 0 Å². The van der Waals surface area contributed by atoms with Crippen LogP contribution in [0.25, 0.3) is 0 Å². The van der Waals surface area contributed by atoms with Crippen molar-refractivity contribution in [3.63, 3.8) is 0 Å². The Morgan fingerprint density at radius 2 is 2.00 bits per heavy atom. The molecule has 1 aliphatic rings. The number of nitrogens with zero attached hydrogens (tertiary/aromatic N) is 1. The van der Waals surface area contributed by atoms with E-state index in [1.54, 1.807) is 29.2 Å². The van der Waals surface area contributed by atoms with Crippen molar-refractivity contribution in [3.05, 3.63) is 29.8 Å². The van der Waals surface area contributed by atoms with Crippen LogP contribution in [0.15, 0.2) is 29.2 Å². The van der Waals surface area contributed by atoms with Gasteiger partial charge in [0.25, 0.3) is 0 Å². The number of carbonyl (C=O) groups excluding carboxylic acids is 1. The summed E-state index contributed by atoms with van der Waals surface area (Å²) in [6.07, 6.45) is 2.63. The predicted octanol–water partition coefficient (Wildman–Crippen LogP) is 1.89. The smallest absolute Gasteiger partial charge is 0.240 e. The zero-order valence-corrected chi connectivity index (χ0v) is 16.8. The van der Waals surface area contributed by atoms with E-state index in [0.29, 0.717) is 19.6 Å². The highest BCUT2D eigenvalue weighted by molar-refractivity contribution is 7.89. The summed E-state index contributed by atoms with van der Waals surface area (Å²) in [6, 6.07) is 6.31. The normalized spacial score (nSPS) is 20.6. The van der Waals surface area contributed by atoms with Gasteiger partial charge in [-0.2, -0.15) is 0 Å². The summed E-state index contributed by atoms with van der Waals surface area (Å²) in [5.74, 6) is 0.227. The number of sulfonamides is 1. The van der Waals surface area contributed by atoms with Gasteiger partial charge in [-0.1, -0.05) is 38.0 Å². The zero-order valence-electron chi connectivity index (χ0n) is 15.9. The van der Waals surface area contributed by atoms with Crippen LogP contribution in [0.4, 0.5) is 0 Å². The number of rotatable bonds is 7. The number of amides is 1. The second-order valence-corrected chi connectivity index (χ2v) is 9.14. The summed E-state index contributed by atoms with van der Waals surface area (Å²) in [4.78, 5) is 14.6. The summed E-state index contributed by atoms with van der Waals surface area (Å²) in [6.45, 7) is 7.51. The first-order valence-electron chi connectivity index (χ1n) is 9.35. The van der Waals surface area contributed by atoms with E-state index in [1.807, 2.05) is 20.8 Å². The number of likely N-dealkylation sites (tertiary alicyclic amines) is 1. The molecule has 1 heterocycles. The van der Waals surface area contributed by atoms with E-state index >= 15 is 0 Å². The predicted molar refractivity (Wildman–Crippen MR) is 103 cm³/mol. The Kier molecular flexibility index (Phi) is 7.20. The Hall–Kier alpha value is -1.44. The number of aryl methyl sites for hydroxylation is 1. The molecule has 1 aliphatic heterocycles. The van der Waals surface area contributed by atoms with Crippen LogP contribution in [0.5, 0.6) is 0 Å². The molecule has 1 saturated heterocycles. The molecule has 0 aromatic heterocycles. The highest BCUT2D eigenvalue weighted by atomic mass is 32.2. The minimum atomic E-state index is -3.53. The van der Waals surface area contributed by atoms with Crippen LogP contribution in [0.2, 0.25) is 0 Å². The van der Waals surface area contributed by atoms with Gasteiger partial charge in [-0.3, -0.25) is 4.79 Å². The molecule has 3 N–H and O–H groups in total. The van der Waals surface area contributed by atoms with Crippen molar-refractivity contribution in [1.82, 2.24) is 9.62 Å². The Morgan fingerprint density at radius 3 is 2.62 bits per heavy atom. The third kappa shape index (κ3) is 5.28. The largest absolute Gasteiger partial charge is 0.341 e. The van der Waals surface area contributed by atoms with Crippen LogP contribution in [0.3, 0.4) is 0 Å². The summed E-state index contributed by atoms with van der Waals surface area (Å²) in [5.41, 5.74) is 7.09. The first kappa shape index (κ1) is 20.9. The Bertz CT molecular complexity index is 703. The molecule has 1 aromatic rings. The number of carbonyl (C=O) groups is 1. The van der Waals surface area contributed by atoms with Crippen LogP contribution in [0, 0.1) is 18.8 Å². The van der Waals surface area contributed by atoms with Crippen LogP contribution in [-0.2, 0) is 14.8 Å². The van der Waals surface area contributed by atoms with E-state index in [9.17, 15) is 13.2 Å². The molecule has 2 rings (SSSR count). The first-order valence-corrected chi connectivity index (χ1v) is 10.8. The Labute approximate surface area is 157 Å². The van der Waals surface area contributed by atoms with E-state index in [4.69, 9.17) is 5.73 Å². The van der Waals surface area contributed by atoms with Gasteiger partial charge in [0.15, 0.2) is 0 Å². The third-order valence-corrected chi connectivity index (χ3v) is 6.71. The van der Waals surface area contributed by atoms with Gasteiger partial charge in [0.2, 0.25) is 15.9 Å². The van der Waals surface area contributed by atoms with Gasteiger partial charge in [0.1, 0.15) is 0 Å². The van der Waals surface area contributed by atoms with Crippen molar-refractivity contribution < 1.29 is 13.2 Å². The minimum Gasteiger partial charge on any atom is -0.341 e. The van der Waals surface area contributed by atoms with Crippen molar-refractivity contribution in [2.24, 2.45) is 17.6 Å². The average molecular weight is 382 g/mol. The third-order valence-electron chi connectivity index (χ3n) is 5.27. The maximum absolute atomic E-state index is 12.6. The summed E-state index contributed by atoms with van der Waals surface area (Å²) in [5, 5.41) is 0. The van der Waals surface area contributed by atoms with Gasteiger partial charge in [-0.05, 0) is 43.7 Å². The topological polar surface area (TPSA) is 92.5 Å². The lowest BCUT2D eigenvalue weighted by molar-refractivity contribution is -0.135. The first-order chi connectivity index (χ1) is 12.2. The van der Waals surface area contributed by atoms with E-state index in [0.717, 1.165) is 24.8 Å². The number of hydrogen-bond donors (Lipinski definition) is 2. The molecule has 26 heavy (non-hydrogen) atoms. The SMILES string of the molecule is CCC(C)C(N)C(=O)N1CCCC(CNS(=O)(=O)c2ccc(C)cc2)C1. The molecule has 1 aromatic carbocycles. The molecule has 6 nitrogen and oxygen atoms in total. The lowest BCUT2D eigenvalue weighted by Gasteiger charge is -2.35. The van der Waals surface area contributed by atoms with Crippen molar-refractivity contribution in [2.75, 3.05) is 19.6 Å². The molecule has 0 saturated carbocycles. The number of benzene rings is 1. The van der Waals surface area contributed by atoms with Gasteiger partial charge in [-0.15, -0.1) is 0 Å². The van der Waals surface area contributed by atoms with Gasteiger partial charge >= 0.3 is 0 Å². The standard InChI is InChI=1S/C19H31N3O3S/c1-4-15(3)18(20)19(23)22-11-5-6-16(13-22)12-21-26(24,25)17-9-7-14(2)8-10-17/h7-10,15-16,18,21H,4-6,11-13,20H2,1-3H3. The molecule has 1 amide bonds. The van der Waals surface area contributed by atoms with E-state index < -0.39 is 16.1 Å². The summed E-state index contributed by atoms with van der Waals surface area (Å²) >= 11 is 0. The quantitative estimate of drug-likeness (QED) is 0.754. The second kappa shape index (κ2) is 8.97. The van der Waals surface area contributed by atoms with Gasteiger partial charge in [0.05, 0.1) is 10.9 Å². The highest BCUT2D eigenvalue weighted by Gasteiger charge is 2.29. The lowest BCUT2D eigenvalue weighted by Crippen LogP contribution is -2.51. The molecular formula is C19H31N3O3S. The van der Waals surface area contributed by atoms with Crippen LogP contribution >= 0.6 is 0 Å². The van der Waals surface area contributed by atoms with Crippen LogP contribution in [0.1, 0.15) is 38.7 Å². The maximum Gasteiger partial charge on any atom is 0.240 e. The van der Waals surface area contributed by atoms with Crippen LogP contribution in [-0.4, -0.2) is 44.9 Å². The molecule has 0 bridgehead atoms. The Morgan fingerprint density at radius 1 is 1.35 bits per heavy atom. The van der Waals surface area contributed by atoms with Crippen LogP contribution < -0.4 is 10.5 Å². The van der Waals surface area contributed by atoms with Crippen molar-refractivity contribution in [2.45, 2.75) is 51.0 Å². The zero-order chi connectivity index (χ0) is 19.3. The molecule has 146 valence electrons. The molecule has 3 unspecified atom stereocenters. The molecule has 0 spiro atoms. The molecule has 1 fully saturated rings. The fourth-order valence-electron chi connectivity index (χ4n) is 3.17. The summed E-state index contributed by atoms with van der Waals surface area (Å²) < 4.78 is 27.5. The van der Waals surface area contributed by atoms with Gasteiger partial charge in [-0.25, -0.2) is 13.1 Å². The number of piperidine rings is 1. The highest BCUT2D eigenvalue weighted by Crippen LogP contribution is 2.19. The van der Waals surface area contributed by atoms with Gasteiger partial charge < -0.3 is 10.6 Å². The van der Waals surface area contributed by atoms with E-state index in [2.05, 4.69) is 4.72 Å². The van der Waals surface area contributed by atoms with E-state index in [1.165, 1.54) is 0 Å². The number of hydrogen-bond acceptors (Lipinski definition) is 4. The number of nitrogens with one attached hydrogen (secondary N) is 1. The van der Waals surface area contributed by atoms with Crippen molar-refractivity contribution >= 4 is 15.9 Å². The lowest BCUT2D eigenvalue weighted by atomic mass is 9.94. The van der Waals surface area contributed by atoms with E-state index in [-0.39, 0.29) is 22.6 Å². The second-order valence-electron chi connectivity index (χ2n) is 7.37. The molecule has 3 atom stereocenters. The summed E-state index contributed by atoms with van der Waals surface area (Å²) in [7, 11) is -3.53. The van der Waals surface area contributed by atoms with Gasteiger partial charge in [0, 0.05) is 19.6 Å². The molecular weight excluding hydrogens is 350 g/mol.